The van der Waals surface area contributed by atoms with Gasteiger partial charge in [0.05, 0.1) is 12.1 Å². The van der Waals surface area contributed by atoms with E-state index in [-0.39, 0.29) is 18.1 Å². The molecule has 0 radical (unpaired) electrons. The number of hydrogen-bond acceptors (Lipinski definition) is 3. The largest absolute Gasteiger partial charge is 0.392 e. The Labute approximate surface area is 90.6 Å². The summed E-state index contributed by atoms with van der Waals surface area (Å²) in [6.07, 6.45) is 4.97. The summed E-state index contributed by atoms with van der Waals surface area (Å²) < 4.78 is 0. The summed E-state index contributed by atoms with van der Waals surface area (Å²) in [6, 6.07) is -0.141. The van der Waals surface area contributed by atoms with Crippen LogP contribution in [0.3, 0.4) is 0 Å². The first-order chi connectivity index (χ1) is 7.27. The number of carbonyl (C=O) groups excluding carboxylic acids is 1. The fourth-order valence-corrected chi connectivity index (χ4v) is 2.42. The van der Waals surface area contributed by atoms with Crippen LogP contribution in [0.15, 0.2) is 0 Å². The van der Waals surface area contributed by atoms with Gasteiger partial charge in [0.25, 0.3) is 0 Å². The predicted molar refractivity (Wildman–Crippen MR) is 57.5 cm³/mol. The van der Waals surface area contributed by atoms with Crippen LogP contribution in [-0.2, 0) is 4.79 Å². The Balaban J connectivity index is 1.88. The quantitative estimate of drug-likeness (QED) is 0.649. The van der Waals surface area contributed by atoms with Crippen molar-refractivity contribution in [2.24, 2.45) is 0 Å². The SMILES string of the molecule is O=C([C@H]1C[C@@H](O)CN1)N1CCCCCC1. The summed E-state index contributed by atoms with van der Waals surface area (Å²) in [5.74, 6) is 0.188. The number of nitrogens with zero attached hydrogens (tertiary/aromatic N) is 1. The second-order valence-corrected chi connectivity index (χ2v) is 4.59. The molecule has 0 spiro atoms. The molecule has 0 bridgehead atoms. The monoisotopic (exact) mass is 212 g/mol. The minimum Gasteiger partial charge on any atom is -0.392 e. The van der Waals surface area contributed by atoms with Gasteiger partial charge in [-0.1, -0.05) is 12.8 Å². The van der Waals surface area contributed by atoms with Crippen molar-refractivity contribution in [3.05, 3.63) is 0 Å². The van der Waals surface area contributed by atoms with E-state index < -0.39 is 0 Å². The third-order valence-electron chi connectivity index (χ3n) is 3.32. The van der Waals surface area contributed by atoms with E-state index in [2.05, 4.69) is 5.32 Å². The normalized spacial score (nSPS) is 32.7. The molecule has 0 unspecified atom stereocenters. The van der Waals surface area contributed by atoms with Gasteiger partial charge < -0.3 is 15.3 Å². The lowest BCUT2D eigenvalue weighted by atomic mass is 10.2. The van der Waals surface area contributed by atoms with E-state index in [1.807, 2.05) is 4.90 Å². The molecule has 0 aromatic heterocycles. The molecule has 0 saturated carbocycles. The fourth-order valence-electron chi connectivity index (χ4n) is 2.42. The van der Waals surface area contributed by atoms with Crippen molar-refractivity contribution in [1.82, 2.24) is 10.2 Å². The van der Waals surface area contributed by atoms with Crippen molar-refractivity contribution in [2.45, 2.75) is 44.2 Å². The molecule has 0 aromatic carbocycles. The van der Waals surface area contributed by atoms with Crippen LogP contribution >= 0.6 is 0 Å². The maximum absolute atomic E-state index is 12.1. The second kappa shape index (κ2) is 4.94. The first-order valence-corrected chi connectivity index (χ1v) is 5.97. The fraction of sp³-hybridized carbons (Fsp3) is 0.909. The Kier molecular flexibility index (Phi) is 3.59. The van der Waals surface area contributed by atoms with Gasteiger partial charge in [0.1, 0.15) is 0 Å². The zero-order valence-electron chi connectivity index (χ0n) is 9.11. The minimum atomic E-state index is -0.342. The molecule has 2 atom stereocenters. The Morgan fingerprint density at radius 1 is 1.20 bits per heavy atom. The van der Waals surface area contributed by atoms with E-state index in [0.29, 0.717) is 13.0 Å². The average Bonchev–Trinajstić information content (AvgIpc) is 2.53. The van der Waals surface area contributed by atoms with Gasteiger partial charge in [-0.2, -0.15) is 0 Å². The lowest BCUT2D eigenvalue weighted by molar-refractivity contribution is -0.133. The van der Waals surface area contributed by atoms with Gasteiger partial charge in [0.2, 0.25) is 5.91 Å². The van der Waals surface area contributed by atoms with Gasteiger partial charge in [0.15, 0.2) is 0 Å². The van der Waals surface area contributed by atoms with Gasteiger partial charge in [-0.15, -0.1) is 0 Å². The van der Waals surface area contributed by atoms with Crippen LogP contribution in [0.4, 0.5) is 0 Å². The van der Waals surface area contributed by atoms with Crippen LogP contribution in [0.25, 0.3) is 0 Å². The average molecular weight is 212 g/mol. The van der Waals surface area contributed by atoms with E-state index in [1.165, 1.54) is 12.8 Å². The van der Waals surface area contributed by atoms with Crippen LogP contribution < -0.4 is 5.32 Å². The smallest absolute Gasteiger partial charge is 0.239 e. The van der Waals surface area contributed by atoms with E-state index >= 15 is 0 Å². The van der Waals surface area contributed by atoms with E-state index in [1.54, 1.807) is 0 Å². The summed E-state index contributed by atoms with van der Waals surface area (Å²) in [5, 5.41) is 12.5. The molecule has 0 aliphatic carbocycles. The first kappa shape index (κ1) is 10.9. The third-order valence-corrected chi connectivity index (χ3v) is 3.32. The lowest BCUT2D eigenvalue weighted by Crippen LogP contribution is -2.43. The van der Waals surface area contributed by atoms with E-state index in [0.717, 1.165) is 25.9 Å². The second-order valence-electron chi connectivity index (χ2n) is 4.59. The molecule has 2 fully saturated rings. The molecular formula is C11H20N2O2. The van der Waals surface area contributed by atoms with Crippen molar-refractivity contribution < 1.29 is 9.90 Å². The highest BCUT2D eigenvalue weighted by Gasteiger charge is 2.31. The highest BCUT2D eigenvalue weighted by Crippen LogP contribution is 2.14. The molecule has 2 N–H and O–H groups in total. The van der Waals surface area contributed by atoms with Gasteiger partial charge >= 0.3 is 0 Å². The molecule has 4 nitrogen and oxygen atoms in total. The molecule has 0 aromatic rings. The van der Waals surface area contributed by atoms with Gasteiger partial charge in [-0.05, 0) is 19.3 Å². The maximum atomic E-state index is 12.1. The molecule has 15 heavy (non-hydrogen) atoms. The zero-order chi connectivity index (χ0) is 10.7. The molecular weight excluding hydrogens is 192 g/mol. The number of aliphatic hydroxyl groups is 1. The van der Waals surface area contributed by atoms with Crippen molar-refractivity contribution in [3.8, 4) is 0 Å². The predicted octanol–water partition coefficient (Wildman–Crippen LogP) is 0.112. The van der Waals surface area contributed by atoms with Gasteiger partial charge in [-0.3, -0.25) is 4.79 Å². The molecule has 4 heteroatoms. The number of β-amino-alcohol motifs (C(OH)–C–C–N with tert-alkyl or cyclic N) is 1. The number of nitrogens with one attached hydrogen (secondary N) is 1. The van der Waals surface area contributed by atoms with Gasteiger partial charge in [-0.25, -0.2) is 0 Å². The summed E-state index contributed by atoms with van der Waals surface area (Å²) in [4.78, 5) is 14.0. The summed E-state index contributed by atoms with van der Waals surface area (Å²) in [5.41, 5.74) is 0. The Morgan fingerprint density at radius 2 is 1.87 bits per heavy atom. The van der Waals surface area contributed by atoms with E-state index in [9.17, 15) is 9.90 Å². The van der Waals surface area contributed by atoms with Crippen molar-refractivity contribution in [3.63, 3.8) is 0 Å². The number of carbonyl (C=O) groups is 1. The Morgan fingerprint density at radius 3 is 2.40 bits per heavy atom. The van der Waals surface area contributed by atoms with Crippen LogP contribution in [0, 0.1) is 0 Å². The number of amides is 1. The summed E-state index contributed by atoms with van der Waals surface area (Å²) in [7, 11) is 0. The molecule has 2 saturated heterocycles. The number of likely N-dealkylation sites (tertiary alicyclic amines) is 1. The standard InChI is InChI=1S/C11H20N2O2/c14-9-7-10(12-8-9)11(15)13-5-3-1-2-4-6-13/h9-10,12,14H,1-8H2/t9-,10-/m1/s1. The van der Waals surface area contributed by atoms with Crippen LogP contribution in [0.2, 0.25) is 0 Å². The highest BCUT2D eigenvalue weighted by atomic mass is 16.3. The molecule has 1 amide bonds. The van der Waals surface area contributed by atoms with Crippen LogP contribution in [0.1, 0.15) is 32.1 Å². The number of hydrogen-bond donors (Lipinski definition) is 2. The van der Waals surface area contributed by atoms with Crippen LogP contribution in [0.5, 0.6) is 0 Å². The van der Waals surface area contributed by atoms with Crippen LogP contribution in [-0.4, -0.2) is 47.7 Å². The minimum absolute atomic E-state index is 0.141. The van der Waals surface area contributed by atoms with Gasteiger partial charge in [0, 0.05) is 19.6 Å². The Hall–Kier alpha value is -0.610. The molecule has 2 rings (SSSR count). The first-order valence-electron chi connectivity index (χ1n) is 5.97. The third kappa shape index (κ3) is 2.69. The molecule has 86 valence electrons. The zero-order valence-corrected chi connectivity index (χ0v) is 9.11. The maximum Gasteiger partial charge on any atom is 0.239 e. The summed E-state index contributed by atoms with van der Waals surface area (Å²) in [6.45, 7) is 2.35. The Bertz CT molecular complexity index is 225. The molecule has 2 aliphatic rings. The van der Waals surface area contributed by atoms with Crippen molar-refractivity contribution in [1.29, 1.82) is 0 Å². The number of aliphatic hydroxyl groups excluding tert-OH is 1. The lowest BCUT2D eigenvalue weighted by Gasteiger charge is -2.23. The number of rotatable bonds is 1. The van der Waals surface area contributed by atoms with Crippen molar-refractivity contribution in [2.75, 3.05) is 19.6 Å². The molecule has 2 aliphatic heterocycles. The summed E-state index contributed by atoms with van der Waals surface area (Å²) >= 11 is 0. The van der Waals surface area contributed by atoms with Crippen molar-refractivity contribution >= 4 is 5.91 Å². The van der Waals surface area contributed by atoms with E-state index in [4.69, 9.17) is 0 Å². The highest BCUT2D eigenvalue weighted by molar-refractivity contribution is 5.82. The topological polar surface area (TPSA) is 52.6 Å². The molecule has 2 heterocycles.